The fourth-order valence-electron chi connectivity index (χ4n) is 5.65. The molecular formula is C27H32N2O4. The molecule has 6 heteroatoms. The normalized spacial score (nSPS) is 21.7. The molecule has 0 aromatic heterocycles. The quantitative estimate of drug-likeness (QED) is 0.683. The van der Waals surface area contributed by atoms with Gasteiger partial charge in [-0.2, -0.15) is 0 Å². The average Bonchev–Trinajstić information content (AvgIpc) is 2.85. The standard InChI is InChI=1S/C27H32N2O4/c1-3-32-22-16-18-12-15-29-25(21(18)17-23(22)33-4-2)24(27(31)28-13-8-5-9-14-28)19-10-6-7-11-20(19)26(29)30/h6-7,10-11,16-17,24-25H,3-5,8-9,12-15H2,1-2H3/t24-,25+/m1/s1. The number of carbonyl (C=O) groups is 2. The van der Waals surface area contributed by atoms with Gasteiger partial charge in [0.1, 0.15) is 0 Å². The molecular weight excluding hydrogens is 416 g/mol. The molecule has 33 heavy (non-hydrogen) atoms. The minimum Gasteiger partial charge on any atom is -0.490 e. The SMILES string of the molecule is CCOc1cc2c(cc1OCC)[C@H]1[C@H](C(=O)N3CCCCC3)c3ccccc3C(=O)N1CC2. The Kier molecular flexibility index (Phi) is 6.00. The number of rotatable bonds is 5. The summed E-state index contributed by atoms with van der Waals surface area (Å²) in [4.78, 5) is 31.4. The molecule has 2 amide bonds. The number of amides is 2. The number of nitrogens with zero attached hydrogens (tertiary/aromatic N) is 2. The molecule has 174 valence electrons. The summed E-state index contributed by atoms with van der Waals surface area (Å²) in [6.07, 6.45) is 3.98. The van der Waals surface area contributed by atoms with Crippen LogP contribution in [0.1, 0.15) is 72.1 Å². The predicted octanol–water partition coefficient (Wildman–Crippen LogP) is 4.33. The van der Waals surface area contributed by atoms with Crippen molar-refractivity contribution >= 4 is 11.8 Å². The van der Waals surface area contributed by atoms with Crippen LogP contribution >= 0.6 is 0 Å². The number of hydrogen-bond donors (Lipinski definition) is 0. The zero-order chi connectivity index (χ0) is 22.9. The van der Waals surface area contributed by atoms with E-state index in [1.54, 1.807) is 0 Å². The topological polar surface area (TPSA) is 59.1 Å². The molecule has 3 aliphatic heterocycles. The molecule has 0 bridgehead atoms. The van der Waals surface area contributed by atoms with E-state index in [9.17, 15) is 9.59 Å². The van der Waals surface area contributed by atoms with Crippen molar-refractivity contribution in [3.05, 3.63) is 58.7 Å². The number of carbonyl (C=O) groups excluding carboxylic acids is 2. The largest absolute Gasteiger partial charge is 0.490 e. The Morgan fingerprint density at radius 3 is 2.36 bits per heavy atom. The van der Waals surface area contributed by atoms with Gasteiger partial charge in [-0.1, -0.05) is 18.2 Å². The molecule has 0 spiro atoms. The Hall–Kier alpha value is -3.02. The second-order valence-electron chi connectivity index (χ2n) is 9.01. The van der Waals surface area contributed by atoms with Crippen molar-refractivity contribution in [3.63, 3.8) is 0 Å². The number of likely N-dealkylation sites (tertiary alicyclic amines) is 1. The Morgan fingerprint density at radius 1 is 0.939 bits per heavy atom. The Labute approximate surface area is 195 Å². The molecule has 3 heterocycles. The maximum absolute atomic E-state index is 14.0. The van der Waals surface area contributed by atoms with E-state index in [2.05, 4.69) is 6.07 Å². The van der Waals surface area contributed by atoms with Crippen LogP contribution in [-0.4, -0.2) is 54.5 Å². The first-order chi connectivity index (χ1) is 16.1. The monoisotopic (exact) mass is 448 g/mol. The van der Waals surface area contributed by atoms with Gasteiger partial charge in [0.15, 0.2) is 11.5 Å². The summed E-state index contributed by atoms with van der Waals surface area (Å²) in [5.74, 6) is 1.13. The summed E-state index contributed by atoms with van der Waals surface area (Å²) in [6, 6.07) is 11.4. The number of fused-ring (bicyclic) bond motifs is 4. The lowest BCUT2D eigenvalue weighted by atomic mass is 9.75. The van der Waals surface area contributed by atoms with E-state index in [4.69, 9.17) is 9.47 Å². The Bertz CT molecular complexity index is 1060. The molecule has 0 radical (unpaired) electrons. The van der Waals surface area contributed by atoms with Crippen molar-refractivity contribution in [2.45, 2.75) is 51.5 Å². The smallest absolute Gasteiger partial charge is 0.254 e. The summed E-state index contributed by atoms with van der Waals surface area (Å²) < 4.78 is 11.8. The summed E-state index contributed by atoms with van der Waals surface area (Å²) in [5, 5.41) is 0. The Morgan fingerprint density at radius 2 is 1.64 bits per heavy atom. The van der Waals surface area contributed by atoms with E-state index in [1.807, 2.05) is 54.0 Å². The predicted molar refractivity (Wildman–Crippen MR) is 126 cm³/mol. The number of hydrogen-bond acceptors (Lipinski definition) is 4. The molecule has 0 unspecified atom stereocenters. The van der Waals surface area contributed by atoms with Crippen LogP contribution in [0.15, 0.2) is 36.4 Å². The van der Waals surface area contributed by atoms with Gasteiger partial charge >= 0.3 is 0 Å². The van der Waals surface area contributed by atoms with E-state index in [-0.39, 0.29) is 17.9 Å². The second kappa shape index (κ2) is 9.08. The van der Waals surface area contributed by atoms with Crippen molar-refractivity contribution in [3.8, 4) is 11.5 Å². The lowest BCUT2D eigenvalue weighted by Gasteiger charge is -2.46. The van der Waals surface area contributed by atoms with E-state index < -0.39 is 5.92 Å². The average molecular weight is 449 g/mol. The number of piperidine rings is 1. The fourth-order valence-corrected chi connectivity index (χ4v) is 5.65. The molecule has 5 rings (SSSR count). The van der Waals surface area contributed by atoms with E-state index in [0.717, 1.165) is 54.8 Å². The fraction of sp³-hybridized carbons (Fsp3) is 0.481. The van der Waals surface area contributed by atoms with Crippen LogP contribution in [0, 0.1) is 0 Å². The highest BCUT2D eigenvalue weighted by Crippen LogP contribution is 2.49. The van der Waals surface area contributed by atoms with Crippen molar-refractivity contribution in [2.75, 3.05) is 32.8 Å². The molecule has 0 N–H and O–H groups in total. The van der Waals surface area contributed by atoms with Crippen LogP contribution in [0.4, 0.5) is 0 Å². The van der Waals surface area contributed by atoms with E-state index in [1.165, 1.54) is 6.42 Å². The second-order valence-corrected chi connectivity index (χ2v) is 9.01. The first-order valence-corrected chi connectivity index (χ1v) is 12.2. The zero-order valence-electron chi connectivity index (χ0n) is 19.5. The third-order valence-corrected chi connectivity index (χ3v) is 7.12. The van der Waals surface area contributed by atoms with Crippen LogP contribution < -0.4 is 9.47 Å². The lowest BCUT2D eigenvalue weighted by Crippen LogP contribution is -2.51. The van der Waals surface area contributed by atoms with Gasteiger partial charge in [0, 0.05) is 25.2 Å². The minimum atomic E-state index is -0.413. The van der Waals surface area contributed by atoms with Gasteiger partial charge in [0.2, 0.25) is 5.91 Å². The Balaban J connectivity index is 1.65. The molecule has 6 nitrogen and oxygen atoms in total. The summed E-state index contributed by atoms with van der Waals surface area (Å²) in [6.45, 7) is 7.15. The zero-order valence-corrected chi connectivity index (χ0v) is 19.5. The van der Waals surface area contributed by atoms with Crippen LogP contribution in [0.25, 0.3) is 0 Å². The number of ether oxygens (including phenoxy) is 2. The van der Waals surface area contributed by atoms with Gasteiger partial charge in [0.25, 0.3) is 5.91 Å². The minimum absolute atomic E-state index is 0.00999. The van der Waals surface area contributed by atoms with Gasteiger partial charge in [-0.25, -0.2) is 0 Å². The van der Waals surface area contributed by atoms with Crippen LogP contribution in [-0.2, 0) is 11.2 Å². The van der Waals surface area contributed by atoms with Gasteiger partial charge in [-0.05, 0) is 74.4 Å². The van der Waals surface area contributed by atoms with Gasteiger partial charge in [-0.3, -0.25) is 9.59 Å². The molecule has 1 fully saturated rings. The number of benzene rings is 2. The maximum atomic E-state index is 14.0. The first kappa shape index (κ1) is 21.8. The summed E-state index contributed by atoms with van der Waals surface area (Å²) in [5.41, 5.74) is 3.64. The highest BCUT2D eigenvalue weighted by atomic mass is 16.5. The van der Waals surface area contributed by atoms with Crippen molar-refractivity contribution in [2.24, 2.45) is 0 Å². The summed E-state index contributed by atoms with van der Waals surface area (Å²) >= 11 is 0. The van der Waals surface area contributed by atoms with Gasteiger partial charge < -0.3 is 19.3 Å². The van der Waals surface area contributed by atoms with E-state index in [0.29, 0.717) is 31.1 Å². The molecule has 2 atom stereocenters. The molecule has 2 aromatic rings. The summed E-state index contributed by atoms with van der Waals surface area (Å²) in [7, 11) is 0. The third kappa shape index (κ3) is 3.75. The van der Waals surface area contributed by atoms with Gasteiger partial charge in [-0.15, -0.1) is 0 Å². The highest BCUT2D eigenvalue weighted by Gasteiger charge is 2.47. The molecule has 0 saturated carbocycles. The van der Waals surface area contributed by atoms with Crippen LogP contribution in [0.5, 0.6) is 11.5 Å². The third-order valence-electron chi connectivity index (χ3n) is 7.12. The van der Waals surface area contributed by atoms with Crippen molar-refractivity contribution < 1.29 is 19.1 Å². The molecule has 1 saturated heterocycles. The van der Waals surface area contributed by atoms with Crippen LogP contribution in [0.2, 0.25) is 0 Å². The lowest BCUT2D eigenvalue weighted by molar-refractivity contribution is -0.135. The molecule has 2 aromatic carbocycles. The molecule has 3 aliphatic rings. The van der Waals surface area contributed by atoms with E-state index >= 15 is 0 Å². The van der Waals surface area contributed by atoms with Gasteiger partial charge in [0.05, 0.1) is 25.2 Å². The van der Waals surface area contributed by atoms with Crippen LogP contribution in [0.3, 0.4) is 0 Å². The highest BCUT2D eigenvalue weighted by molar-refractivity contribution is 6.01. The van der Waals surface area contributed by atoms with Crippen molar-refractivity contribution in [1.29, 1.82) is 0 Å². The first-order valence-electron chi connectivity index (χ1n) is 12.2. The maximum Gasteiger partial charge on any atom is 0.254 e. The van der Waals surface area contributed by atoms with Crippen molar-refractivity contribution in [1.82, 2.24) is 9.80 Å². The molecule has 0 aliphatic carbocycles.